The topological polar surface area (TPSA) is 69.6 Å². The smallest absolute Gasteiger partial charge is 0.335 e. The van der Waals surface area contributed by atoms with E-state index in [1.807, 2.05) is 43.3 Å². The lowest BCUT2D eigenvalue weighted by atomic mass is 10.0. The lowest BCUT2D eigenvalue weighted by Gasteiger charge is -2.12. The van der Waals surface area contributed by atoms with Crippen molar-refractivity contribution in [1.29, 1.82) is 0 Å². The van der Waals surface area contributed by atoms with Gasteiger partial charge in [0, 0.05) is 36.6 Å². The monoisotopic (exact) mass is 308 g/mol. The molecule has 3 rings (SSSR count). The van der Waals surface area contributed by atoms with Crippen LogP contribution in [-0.4, -0.2) is 31.1 Å². The zero-order chi connectivity index (χ0) is 16.6. The van der Waals surface area contributed by atoms with Crippen LogP contribution >= 0.6 is 0 Å². The zero-order valence-electron chi connectivity index (χ0n) is 12.8. The molecule has 1 heterocycles. The molecule has 0 atom stereocenters. The number of benzene rings is 2. The fourth-order valence-electron chi connectivity index (χ4n) is 2.50. The molecule has 0 bridgehead atoms. The van der Waals surface area contributed by atoms with Crippen molar-refractivity contribution >= 4 is 34.9 Å². The van der Waals surface area contributed by atoms with Crippen molar-refractivity contribution < 1.29 is 14.7 Å². The van der Waals surface area contributed by atoms with Crippen LogP contribution in [0.15, 0.2) is 42.5 Å². The Morgan fingerprint density at radius 3 is 2.43 bits per heavy atom. The van der Waals surface area contributed by atoms with Gasteiger partial charge in [-0.15, -0.1) is 0 Å². The fourth-order valence-corrected chi connectivity index (χ4v) is 2.50. The summed E-state index contributed by atoms with van der Waals surface area (Å²) in [5, 5.41) is 11.9. The summed E-state index contributed by atoms with van der Waals surface area (Å²) in [5.74, 6) is -1.24. The molecule has 1 aliphatic rings. The SMILES string of the molecule is CN(C)c1ccc(/C=C2/C(=O)Nc3ccc(C(=O)O)cc32)cc1. The number of hydrogen-bond donors (Lipinski definition) is 2. The van der Waals surface area contributed by atoms with E-state index < -0.39 is 5.97 Å². The molecule has 0 unspecified atom stereocenters. The largest absolute Gasteiger partial charge is 0.478 e. The van der Waals surface area contributed by atoms with Gasteiger partial charge in [0.25, 0.3) is 5.91 Å². The van der Waals surface area contributed by atoms with Gasteiger partial charge in [0.1, 0.15) is 0 Å². The second-order valence-electron chi connectivity index (χ2n) is 5.56. The Balaban J connectivity index is 2.02. The highest BCUT2D eigenvalue weighted by Crippen LogP contribution is 2.34. The normalized spacial score (nSPS) is 14.5. The Kier molecular flexibility index (Phi) is 3.62. The first-order valence-corrected chi connectivity index (χ1v) is 7.14. The molecule has 1 amide bonds. The third kappa shape index (κ3) is 2.81. The standard InChI is InChI=1S/C18H16N2O3/c1-20(2)13-6-3-11(4-7-13)9-15-14-10-12(18(22)23)5-8-16(14)19-17(15)21/h3-10H,1-2H3,(H,19,21)(H,22,23)/b15-9+. The number of nitrogens with zero attached hydrogens (tertiary/aromatic N) is 1. The van der Waals surface area contributed by atoms with E-state index in [-0.39, 0.29) is 11.5 Å². The van der Waals surface area contributed by atoms with Gasteiger partial charge in [-0.2, -0.15) is 0 Å². The highest BCUT2D eigenvalue weighted by Gasteiger charge is 2.25. The molecular formula is C18H16N2O3. The maximum atomic E-state index is 12.2. The maximum absolute atomic E-state index is 12.2. The molecule has 0 fully saturated rings. The quantitative estimate of drug-likeness (QED) is 0.855. The van der Waals surface area contributed by atoms with E-state index in [1.165, 1.54) is 12.1 Å². The third-order valence-corrected chi connectivity index (χ3v) is 3.77. The van der Waals surface area contributed by atoms with Gasteiger partial charge in [0.2, 0.25) is 0 Å². The molecule has 5 heteroatoms. The summed E-state index contributed by atoms with van der Waals surface area (Å²) in [4.78, 5) is 25.3. The lowest BCUT2D eigenvalue weighted by Crippen LogP contribution is -2.08. The minimum atomic E-state index is -1.01. The number of rotatable bonds is 3. The number of anilines is 2. The molecule has 0 aromatic heterocycles. The summed E-state index contributed by atoms with van der Waals surface area (Å²) in [5.41, 5.74) is 3.84. The molecule has 1 aliphatic heterocycles. The van der Waals surface area contributed by atoms with Crippen LogP contribution in [0.1, 0.15) is 21.5 Å². The van der Waals surface area contributed by atoms with Crippen molar-refractivity contribution in [3.63, 3.8) is 0 Å². The molecule has 0 saturated carbocycles. The second-order valence-corrected chi connectivity index (χ2v) is 5.56. The molecular weight excluding hydrogens is 292 g/mol. The van der Waals surface area contributed by atoms with Crippen LogP contribution in [0.25, 0.3) is 11.6 Å². The Labute approximate surface area is 133 Å². The van der Waals surface area contributed by atoms with Gasteiger partial charge in [-0.05, 0) is 42.0 Å². The van der Waals surface area contributed by atoms with Crippen molar-refractivity contribution in [2.24, 2.45) is 0 Å². The number of carboxylic acid groups (broad SMARTS) is 1. The number of aromatic carboxylic acids is 1. The Morgan fingerprint density at radius 2 is 1.83 bits per heavy atom. The summed E-state index contributed by atoms with van der Waals surface area (Å²) in [7, 11) is 3.92. The molecule has 0 radical (unpaired) electrons. The molecule has 2 aromatic rings. The van der Waals surface area contributed by atoms with Crippen LogP contribution in [0, 0.1) is 0 Å². The van der Waals surface area contributed by atoms with Crippen LogP contribution in [0.3, 0.4) is 0 Å². The summed E-state index contributed by atoms with van der Waals surface area (Å²) >= 11 is 0. The zero-order valence-corrected chi connectivity index (χ0v) is 12.8. The van der Waals surface area contributed by atoms with Crippen molar-refractivity contribution in [1.82, 2.24) is 0 Å². The van der Waals surface area contributed by atoms with Gasteiger partial charge in [0.15, 0.2) is 0 Å². The predicted octanol–water partition coefficient (Wildman–Crippen LogP) is 2.94. The van der Waals surface area contributed by atoms with Gasteiger partial charge in [0.05, 0.1) is 5.56 Å². The summed E-state index contributed by atoms with van der Waals surface area (Å²) in [6.07, 6.45) is 1.77. The first kappa shape index (κ1) is 14.8. The molecule has 0 spiro atoms. The predicted molar refractivity (Wildman–Crippen MR) is 90.7 cm³/mol. The number of nitrogens with one attached hydrogen (secondary N) is 1. The number of carbonyl (C=O) groups excluding carboxylic acids is 1. The van der Waals surface area contributed by atoms with Crippen LogP contribution in [0.2, 0.25) is 0 Å². The van der Waals surface area contributed by atoms with Crippen molar-refractivity contribution in [3.8, 4) is 0 Å². The van der Waals surface area contributed by atoms with E-state index in [4.69, 9.17) is 5.11 Å². The Hall–Kier alpha value is -3.08. The number of hydrogen-bond acceptors (Lipinski definition) is 3. The van der Waals surface area contributed by atoms with Gasteiger partial charge in [-0.3, -0.25) is 4.79 Å². The van der Waals surface area contributed by atoms with Crippen molar-refractivity contribution in [2.75, 3.05) is 24.3 Å². The van der Waals surface area contributed by atoms with E-state index in [1.54, 1.807) is 12.1 Å². The van der Waals surface area contributed by atoms with Crippen LogP contribution in [-0.2, 0) is 4.79 Å². The maximum Gasteiger partial charge on any atom is 0.335 e. The highest BCUT2D eigenvalue weighted by atomic mass is 16.4. The van der Waals surface area contributed by atoms with Gasteiger partial charge < -0.3 is 15.3 Å². The minimum absolute atomic E-state index is 0.161. The van der Waals surface area contributed by atoms with Gasteiger partial charge >= 0.3 is 5.97 Å². The summed E-state index contributed by atoms with van der Waals surface area (Å²) in [6, 6.07) is 12.4. The molecule has 2 N–H and O–H groups in total. The average Bonchev–Trinajstić information content (AvgIpc) is 2.83. The van der Waals surface area contributed by atoms with E-state index >= 15 is 0 Å². The van der Waals surface area contributed by atoms with E-state index in [0.717, 1.165) is 11.3 Å². The number of carbonyl (C=O) groups is 2. The molecule has 23 heavy (non-hydrogen) atoms. The number of amides is 1. The molecule has 2 aromatic carbocycles. The summed E-state index contributed by atoms with van der Waals surface area (Å²) < 4.78 is 0. The van der Waals surface area contributed by atoms with Crippen LogP contribution < -0.4 is 10.2 Å². The van der Waals surface area contributed by atoms with Gasteiger partial charge in [-0.1, -0.05) is 12.1 Å². The lowest BCUT2D eigenvalue weighted by molar-refractivity contribution is -0.110. The number of carboxylic acids is 1. The van der Waals surface area contributed by atoms with Crippen molar-refractivity contribution in [3.05, 3.63) is 59.2 Å². The second kappa shape index (κ2) is 5.61. The van der Waals surface area contributed by atoms with Gasteiger partial charge in [-0.25, -0.2) is 4.79 Å². The van der Waals surface area contributed by atoms with E-state index in [0.29, 0.717) is 16.8 Å². The molecule has 116 valence electrons. The molecule has 5 nitrogen and oxygen atoms in total. The first-order chi connectivity index (χ1) is 11.0. The fraction of sp³-hybridized carbons (Fsp3) is 0.111. The first-order valence-electron chi connectivity index (χ1n) is 7.14. The minimum Gasteiger partial charge on any atom is -0.478 e. The third-order valence-electron chi connectivity index (χ3n) is 3.77. The van der Waals surface area contributed by atoms with E-state index in [2.05, 4.69) is 5.32 Å². The number of fused-ring (bicyclic) bond motifs is 1. The highest BCUT2D eigenvalue weighted by molar-refractivity contribution is 6.35. The summed E-state index contributed by atoms with van der Waals surface area (Å²) in [6.45, 7) is 0. The molecule has 0 saturated heterocycles. The van der Waals surface area contributed by atoms with E-state index in [9.17, 15) is 9.59 Å². The average molecular weight is 308 g/mol. The van der Waals surface area contributed by atoms with Crippen molar-refractivity contribution in [2.45, 2.75) is 0 Å². The molecule has 0 aliphatic carbocycles. The Bertz CT molecular complexity index is 821. The Morgan fingerprint density at radius 1 is 1.13 bits per heavy atom. The van der Waals surface area contributed by atoms with Crippen LogP contribution in [0.5, 0.6) is 0 Å². The van der Waals surface area contributed by atoms with Crippen LogP contribution in [0.4, 0.5) is 11.4 Å².